The number of rotatable bonds is 6. The molecule has 3 heterocycles. The maximum Gasteiger partial charge on any atom is 0.330 e. The molecule has 1 N–H and O–H groups in total. The van der Waals surface area contributed by atoms with Crippen LogP contribution in [0.5, 0.6) is 0 Å². The summed E-state index contributed by atoms with van der Waals surface area (Å²) in [6, 6.07) is 9.61. The fourth-order valence-corrected chi connectivity index (χ4v) is 5.58. The Kier molecular flexibility index (Phi) is 5.49. The Morgan fingerprint density at radius 1 is 1.06 bits per heavy atom. The lowest BCUT2D eigenvalue weighted by molar-refractivity contribution is -0.134. The lowest BCUT2D eigenvalue weighted by Gasteiger charge is -2.30. The second-order valence-electron chi connectivity index (χ2n) is 9.07. The zero-order valence-corrected chi connectivity index (χ0v) is 19.4. The van der Waals surface area contributed by atoms with Gasteiger partial charge in [0.15, 0.2) is 5.65 Å². The SMILES string of the molecule is O=C(C(Sc1nc(C2CC2)nc2c1c(=O)[nH]c(=O)n2C1CC1)c1ccccc1)N1CCOCC1. The Hall–Kier alpha value is -2.98. The van der Waals surface area contributed by atoms with Crippen LogP contribution in [-0.4, -0.2) is 56.6 Å². The summed E-state index contributed by atoms with van der Waals surface area (Å²) in [7, 11) is 0. The molecule has 0 radical (unpaired) electrons. The van der Waals surface area contributed by atoms with Crippen molar-refractivity contribution in [3.63, 3.8) is 0 Å². The zero-order valence-electron chi connectivity index (χ0n) is 18.6. The Morgan fingerprint density at radius 2 is 1.79 bits per heavy atom. The van der Waals surface area contributed by atoms with Gasteiger partial charge in [-0.3, -0.25) is 19.1 Å². The summed E-state index contributed by atoms with van der Waals surface area (Å²) in [6.07, 6.45) is 3.74. The van der Waals surface area contributed by atoms with E-state index in [-0.39, 0.29) is 23.3 Å². The van der Waals surface area contributed by atoms with E-state index in [9.17, 15) is 14.4 Å². The van der Waals surface area contributed by atoms with Crippen molar-refractivity contribution < 1.29 is 9.53 Å². The third kappa shape index (κ3) is 4.05. The maximum absolute atomic E-state index is 13.7. The molecule has 9 nitrogen and oxygen atoms in total. The molecule has 2 aliphatic carbocycles. The van der Waals surface area contributed by atoms with Crippen LogP contribution >= 0.6 is 11.8 Å². The van der Waals surface area contributed by atoms with Crippen LogP contribution in [-0.2, 0) is 9.53 Å². The van der Waals surface area contributed by atoms with Crippen LogP contribution in [0.25, 0.3) is 11.0 Å². The number of thioether (sulfide) groups is 1. The van der Waals surface area contributed by atoms with E-state index in [4.69, 9.17) is 14.7 Å². The van der Waals surface area contributed by atoms with E-state index in [1.54, 1.807) is 4.57 Å². The monoisotopic (exact) mass is 479 g/mol. The molecule has 0 bridgehead atoms. The second kappa shape index (κ2) is 8.66. The maximum atomic E-state index is 13.7. The number of ether oxygens (including phenoxy) is 1. The van der Waals surface area contributed by atoms with Gasteiger partial charge in [-0.1, -0.05) is 42.1 Å². The number of nitrogens with one attached hydrogen (secondary N) is 1. The molecule has 176 valence electrons. The summed E-state index contributed by atoms with van der Waals surface area (Å²) >= 11 is 1.27. The molecule has 6 rings (SSSR count). The molecule has 0 spiro atoms. The molecule has 1 saturated heterocycles. The van der Waals surface area contributed by atoms with Gasteiger partial charge in [0.2, 0.25) is 5.91 Å². The number of amides is 1. The van der Waals surface area contributed by atoms with Crippen LogP contribution < -0.4 is 11.2 Å². The van der Waals surface area contributed by atoms with Crippen molar-refractivity contribution >= 4 is 28.7 Å². The van der Waals surface area contributed by atoms with Crippen molar-refractivity contribution in [1.82, 2.24) is 24.4 Å². The third-order valence-corrected chi connectivity index (χ3v) is 7.73. The largest absolute Gasteiger partial charge is 0.378 e. The summed E-state index contributed by atoms with van der Waals surface area (Å²) in [5.74, 6) is 0.849. The van der Waals surface area contributed by atoms with Gasteiger partial charge in [0, 0.05) is 25.0 Å². The Balaban J connectivity index is 1.50. The standard InChI is InChI=1S/C24H25N5O4S/c30-21-17-20(29(16-8-9-16)24(32)27-21)25-19(15-6-7-15)26-22(17)34-18(14-4-2-1-3-5-14)23(31)28-10-12-33-13-11-28/h1-5,15-16,18H,6-13H2,(H,27,30,32). The molecule has 2 aromatic heterocycles. The lowest BCUT2D eigenvalue weighted by atomic mass is 10.1. The number of morpholine rings is 1. The van der Waals surface area contributed by atoms with E-state index in [2.05, 4.69) is 4.98 Å². The number of aromatic amines is 1. The van der Waals surface area contributed by atoms with Gasteiger partial charge in [0.05, 0.1) is 13.2 Å². The molecule has 1 atom stereocenters. The first-order valence-electron chi connectivity index (χ1n) is 11.7. The minimum atomic E-state index is -0.579. The first-order valence-corrected chi connectivity index (χ1v) is 12.6. The number of nitrogens with zero attached hydrogens (tertiary/aromatic N) is 4. The number of H-pyrrole nitrogens is 1. The summed E-state index contributed by atoms with van der Waals surface area (Å²) in [5, 5.41) is 0.166. The Bertz CT molecular complexity index is 1360. The van der Waals surface area contributed by atoms with Gasteiger partial charge in [-0.05, 0) is 31.2 Å². The highest BCUT2D eigenvalue weighted by atomic mass is 32.2. The predicted octanol–water partition coefficient (Wildman–Crippen LogP) is 2.38. The Labute approximate surface area is 199 Å². The number of hydrogen-bond acceptors (Lipinski definition) is 7. The van der Waals surface area contributed by atoms with Crippen LogP contribution in [0.15, 0.2) is 44.9 Å². The van der Waals surface area contributed by atoms with E-state index >= 15 is 0 Å². The van der Waals surface area contributed by atoms with Gasteiger partial charge >= 0.3 is 5.69 Å². The van der Waals surface area contributed by atoms with Gasteiger partial charge in [-0.25, -0.2) is 14.8 Å². The van der Waals surface area contributed by atoms with Crippen molar-refractivity contribution in [2.45, 2.75) is 47.9 Å². The van der Waals surface area contributed by atoms with Crippen LogP contribution in [0.3, 0.4) is 0 Å². The van der Waals surface area contributed by atoms with E-state index in [1.807, 2.05) is 35.2 Å². The fourth-order valence-electron chi connectivity index (χ4n) is 4.36. The molecule has 3 aromatic rings. The summed E-state index contributed by atoms with van der Waals surface area (Å²) in [6.45, 7) is 2.08. The van der Waals surface area contributed by atoms with Crippen molar-refractivity contribution in [2.75, 3.05) is 26.3 Å². The smallest absolute Gasteiger partial charge is 0.330 e. The predicted molar refractivity (Wildman–Crippen MR) is 127 cm³/mol. The number of carbonyl (C=O) groups is 1. The van der Waals surface area contributed by atoms with Crippen molar-refractivity contribution in [3.05, 3.63) is 62.6 Å². The highest BCUT2D eigenvalue weighted by Crippen LogP contribution is 2.43. The molecule has 1 aromatic carbocycles. The fraction of sp³-hybridized carbons (Fsp3) is 0.458. The van der Waals surface area contributed by atoms with E-state index in [0.717, 1.165) is 31.2 Å². The van der Waals surface area contributed by atoms with Crippen LogP contribution in [0.2, 0.25) is 0 Å². The number of hydrogen-bond donors (Lipinski definition) is 1. The molecule has 1 amide bonds. The molecule has 1 unspecified atom stereocenters. The second-order valence-corrected chi connectivity index (χ2v) is 10.2. The quantitative estimate of drug-likeness (QED) is 0.427. The van der Waals surface area contributed by atoms with Gasteiger partial charge < -0.3 is 9.64 Å². The van der Waals surface area contributed by atoms with Gasteiger partial charge in [0.1, 0.15) is 21.5 Å². The summed E-state index contributed by atoms with van der Waals surface area (Å²) in [5.41, 5.74) is 0.296. The first kappa shape index (κ1) is 21.5. The van der Waals surface area contributed by atoms with Gasteiger partial charge in [-0.15, -0.1) is 0 Å². The normalized spacial score (nSPS) is 19.4. The molecular formula is C24H25N5O4S. The van der Waals surface area contributed by atoms with Crippen LogP contribution in [0.4, 0.5) is 0 Å². The highest BCUT2D eigenvalue weighted by molar-refractivity contribution is 8.00. The number of carbonyl (C=O) groups excluding carboxylic acids is 1. The molecule has 2 saturated carbocycles. The van der Waals surface area contributed by atoms with Crippen molar-refractivity contribution in [2.24, 2.45) is 0 Å². The third-order valence-electron chi connectivity index (χ3n) is 6.50. The first-order chi connectivity index (χ1) is 16.6. The average Bonchev–Trinajstić information content (AvgIpc) is 3.76. The molecule has 1 aliphatic heterocycles. The minimum absolute atomic E-state index is 0.0359. The summed E-state index contributed by atoms with van der Waals surface area (Å²) in [4.78, 5) is 53.1. The van der Waals surface area contributed by atoms with E-state index < -0.39 is 16.5 Å². The number of aromatic nitrogens is 4. The Morgan fingerprint density at radius 3 is 2.47 bits per heavy atom. The van der Waals surface area contributed by atoms with E-state index in [0.29, 0.717) is 42.8 Å². The minimum Gasteiger partial charge on any atom is -0.378 e. The average molecular weight is 480 g/mol. The van der Waals surface area contributed by atoms with Crippen LogP contribution in [0, 0.1) is 0 Å². The molecule has 3 aliphatic rings. The number of benzene rings is 1. The topological polar surface area (TPSA) is 110 Å². The molecule has 34 heavy (non-hydrogen) atoms. The number of fused-ring (bicyclic) bond motifs is 1. The molecular weight excluding hydrogens is 454 g/mol. The highest BCUT2D eigenvalue weighted by Gasteiger charge is 2.34. The summed E-state index contributed by atoms with van der Waals surface area (Å²) < 4.78 is 7.04. The van der Waals surface area contributed by atoms with Gasteiger partial charge in [0.25, 0.3) is 5.56 Å². The zero-order chi connectivity index (χ0) is 23.2. The van der Waals surface area contributed by atoms with Crippen molar-refractivity contribution in [1.29, 1.82) is 0 Å². The van der Waals surface area contributed by atoms with Crippen LogP contribution in [0.1, 0.15) is 54.3 Å². The molecule has 3 fully saturated rings. The molecule has 10 heteroatoms. The van der Waals surface area contributed by atoms with E-state index in [1.165, 1.54) is 11.8 Å². The van der Waals surface area contributed by atoms with Crippen molar-refractivity contribution in [3.8, 4) is 0 Å². The van der Waals surface area contributed by atoms with Gasteiger partial charge in [-0.2, -0.15) is 0 Å². The lowest BCUT2D eigenvalue weighted by Crippen LogP contribution is -2.42.